The summed E-state index contributed by atoms with van der Waals surface area (Å²) < 4.78 is 5.55. The monoisotopic (exact) mass is 341 g/mol. The van der Waals surface area contributed by atoms with Crippen LogP contribution in [0, 0.1) is 5.92 Å². The molecule has 0 bridgehead atoms. The van der Waals surface area contributed by atoms with Gasteiger partial charge >= 0.3 is 6.09 Å². The predicted octanol–water partition coefficient (Wildman–Crippen LogP) is 2.55. The molecule has 1 N–H and O–H groups in total. The molecule has 2 saturated heterocycles. The first-order chi connectivity index (χ1) is 12.3. The molecule has 25 heavy (non-hydrogen) atoms. The van der Waals surface area contributed by atoms with E-state index in [0.717, 1.165) is 49.2 Å². The molecule has 0 spiro atoms. The molecule has 7 nitrogen and oxygen atoms in total. The lowest BCUT2D eigenvalue weighted by Crippen LogP contribution is -2.52. The van der Waals surface area contributed by atoms with Gasteiger partial charge in [0.05, 0.1) is 24.1 Å². The third-order valence-corrected chi connectivity index (χ3v) is 5.79. The fraction of sp³-hybridized carbons (Fsp3) is 0.611. The van der Waals surface area contributed by atoms with Crippen molar-refractivity contribution < 1.29 is 9.53 Å². The molecule has 132 valence electrons. The highest BCUT2D eigenvalue weighted by Crippen LogP contribution is 2.36. The van der Waals surface area contributed by atoms with Crippen molar-refractivity contribution in [1.82, 2.24) is 19.9 Å². The number of likely N-dealkylation sites (tertiary alicyclic amines) is 1. The van der Waals surface area contributed by atoms with E-state index in [1.165, 1.54) is 12.8 Å². The summed E-state index contributed by atoms with van der Waals surface area (Å²) in [5.41, 5.74) is 0.866. The molecule has 2 aliphatic heterocycles. The lowest BCUT2D eigenvalue weighted by atomic mass is 9.97. The summed E-state index contributed by atoms with van der Waals surface area (Å²) in [4.78, 5) is 28.9. The number of rotatable bonds is 3. The molecule has 7 heteroatoms. The van der Waals surface area contributed by atoms with Gasteiger partial charge in [0.2, 0.25) is 0 Å². The molecule has 1 amide bonds. The maximum Gasteiger partial charge on any atom is 0.410 e. The molecule has 3 fully saturated rings. The van der Waals surface area contributed by atoms with Gasteiger partial charge in [-0.1, -0.05) is 0 Å². The van der Waals surface area contributed by atoms with Crippen LogP contribution in [0.15, 0.2) is 18.6 Å². The number of carbonyl (C=O) groups excluding carboxylic acids is 1. The van der Waals surface area contributed by atoms with Gasteiger partial charge in [-0.25, -0.2) is 14.8 Å². The largest absolute Gasteiger partial charge is 0.449 e. The Balaban J connectivity index is 1.37. The third kappa shape index (κ3) is 2.62. The van der Waals surface area contributed by atoms with E-state index < -0.39 is 0 Å². The van der Waals surface area contributed by atoms with Gasteiger partial charge in [0, 0.05) is 19.3 Å². The van der Waals surface area contributed by atoms with E-state index in [-0.39, 0.29) is 12.1 Å². The second kappa shape index (κ2) is 5.89. The molecular weight excluding hydrogens is 318 g/mol. The first-order valence-corrected chi connectivity index (χ1v) is 9.29. The summed E-state index contributed by atoms with van der Waals surface area (Å²) in [7, 11) is 0. The standard InChI is InChI=1S/C18H23N5O2/c24-18(25-10-12-3-4-12)23-8-1-2-14-15(23)6-9-22(14)17-13-5-7-19-16(13)20-11-21-17/h5,7,11-12,14-15H,1-4,6,8-10H2,(H,19,20,21)/t14-,15-/m1/s1. The lowest BCUT2D eigenvalue weighted by Gasteiger charge is -2.39. The third-order valence-electron chi connectivity index (χ3n) is 5.79. The van der Waals surface area contributed by atoms with Crippen LogP contribution in [-0.2, 0) is 4.74 Å². The Morgan fingerprint density at radius 2 is 2.12 bits per heavy atom. The van der Waals surface area contributed by atoms with Crippen LogP contribution in [0.1, 0.15) is 32.1 Å². The van der Waals surface area contributed by atoms with Gasteiger partial charge in [0.25, 0.3) is 0 Å². The minimum absolute atomic E-state index is 0.127. The molecule has 2 aromatic rings. The molecule has 3 aliphatic rings. The number of aromatic nitrogens is 3. The number of carbonyl (C=O) groups is 1. The maximum atomic E-state index is 12.5. The predicted molar refractivity (Wildman–Crippen MR) is 93.4 cm³/mol. The minimum Gasteiger partial charge on any atom is -0.449 e. The number of nitrogens with zero attached hydrogens (tertiary/aromatic N) is 4. The summed E-state index contributed by atoms with van der Waals surface area (Å²) in [6.07, 6.45) is 8.87. The van der Waals surface area contributed by atoms with Gasteiger partial charge in [-0.3, -0.25) is 0 Å². The van der Waals surface area contributed by atoms with Crippen molar-refractivity contribution in [1.29, 1.82) is 0 Å². The number of H-pyrrole nitrogens is 1. The van der Waals surface area contributed by atoms with Gasteiger partial charge in [0.15, 0.2) is 0 Å². The summed E-state index contributed by atoms with van der Waals surface area (Å²) in [5.74, 6) is 1.58. The molecule has 2 atom stereocenters. The van der Waals surface area contributed by atoms with Crippen molar-refractivity contribution >= 4 is 22.9 Å². The normalized spacial score (nSPS) is 26.1. The van der Waals surface area contributed by atoms with Gasteiger partial charge in [-0.2, -0.15) is 0 Å². The SMILES string of the molecule is O=C(OCC1CC1)N1CCC[C@@H]2[C@H]1CCN2c1ncnc2[nH]ccc12. The van der Waals surface area contributed by atoms with Crippen LogP contribution in [-0.4, -0.2) is 57.7 Å². The van der Waals surface area contributed by atoms with Crippen LogP contribution in [0.4, 0.5) is 10.6 Å². The van der Waals surface area contributed by atoms with Gasteiger partial charge in [-0.15, -0.1) is 0 Å². The number of fused-ring (bicyclic) bond motifs is 2. The quantitative estimate of drug-likeness (QED) is 0.929. The highest BCUT2D eigenvalue weighted by atomic mass is 16.6. The summed E-state index contributed by atoms with van der Waals surface area (Å²) in [6.45, 7) is 2.31. The highest BCUT2D eigenvalue weighted by Gasteiger charge is 2.43. The van der Waals surface area contributed by atoms with Crippen molar-refractivity contribution in [3.63, 3.8) is 0 Å². The molecule has 5 rings (SSSR count). The van der Waals surface area contributed by atoms with Crippen LogP contribution in [0.2, 0.25) is 0 Å². The molecular formula is C18H23N5O2. The highest BCUT2D eigenvalue weighted by molar-refractivity contribution is 5.87. The number of hydrogen-bond donors (Lipinski definition) is 1. The average Bonchev–Trinajstić information content (AvgIpc) is 3.17. The van der Waals surface area contributed by atoms with E-state index in [9.17, 15) is 4.79 Å². The number of ether oxygens (including phenoxy) is 1. The summed E-state index contributed by atoms with van der Waals surface area (Å²) in [5, 5.41) is 1.05. The zero-order valence-electron chi connectivity index (χ0n) is 14.2. The first kappa shape index (κ1) is 15.0. The topological polar surface area (TPSA) is 74.3 Å². The van der Waals surface area contributed by atoms with Crippen LogP contribution in [0.3, 0.4) is 0 Å². The van der Waals surface area contributed by atoms with Crippen LogP contribution >= 0.6 is 0 Å². The van der Waals surface area contributed by atoms with Crippen molar-refractivity contribution in [3.8, 4) is 0 Å². The number of nitrogens with one attached hydrogen (secondary N) is 1. The van der Waals surface area contributed by atoms with Crippen molar-refractivity contribution in [3.05, 3.63) is 18.6 Å². The Hall–Kier alpha value is -2.31. The number of anilines is 1. The van der Waals surface area contributed by atoms with E-state index in [1.54, 1.807) is 6.33 Å². The Morgan fingerprint density at radius 3 is 3.00 bits per heavy atom. The number of aromatic amines is 1. The summed E-state index contributed by atoms with van der Waals surface area (Å²) in [6, 6.07) is 2.57. The lowest BCUT2D eigenvalue weighted by molar-refractivity contribution is 0.0692. The van der Waals surface area contributed by atoms with Crippen molar-refractivity contribution in [2.45, 2.75) is 44.2 Å². The van der Waals surface area contributed by atoms with Gasteiger partial charge in [-0.05, 0) is 44.1 Å². The second-order valence-electron chi connectivity index (χ2n) is 7.41. The van der Waals surface area contributed by atoms with Gasteiger partial charge in [0.1, 0.15) is 17.8 Å². The maximum absolute atomic E-state index is 12.5. The van der Waals surface area contributed by atoms with Crippen LogP contribution < -0.4 is 4.90 Å². The molecule has 1 saturated carbocycles. The number of amides is 1. The van der Waals surface area contributed by atoms with Crippen LogP contribution in [0.25, 0.3) is 11.0 Å². The molecule has 4 heterocycles. The molecule has 1 aliphatic carbocycles. The number of hydrogen-bond acceptors (Lipinski definition) is 5. The van der Waals surface area contributed by atoms with E-state index in [4.69, 9.17) is 4.74 Å². The Bertz CT molecular complexity index is 787. The van der Waals surface area contributed by atoms with E-state index in [0.29, 0.717) is 18.6 Å². The Morgan fingerprint density at radius 1 is 1.20 bits per heavy atom. The van der Waals surface area contributed by atoms with E-state index in [1.807, 2.05) is 17.2 Å². The zero-order chi connectivity index (χ0) is 16.8. The van der Waals surface area contributed by atoms with E-state index >= 15 is 0 Å². The Kier molecular flexibility index (Phi) is 3.53. The zero-order valence-corrected chi connectivity index (χ0v) is 14.2. The molecule has 0 unspecified atom stereocenters. The molecule has 0 radical (unpaired) electrons. The van der Waals surface area contributed by atoms with Crippen molar-refractivity contribution in [2.75, 3.05) is 24.6 Å². The van der Waals surface area contributed by atoms with Crippen molar-refractivity contribution in [2.24, 2.45) is 5.92 Å². The number of piperidine rings is 1. The molecule has 2 aromatic heterocycles. The van der Waals surface area contributed by atoms with E-state index in [2.05, 4.69) is 19.9 Å². The Labute approximate surface area is 146 Å². The minimum atomic E-state index is -0.127. The summed E-state index contributed by atoms with van der Waals surface area (Å²) >= 11 is 0. The first-order valence-electron chi connectivity index (χ1n) is 9.29. The smallest absolute Gasteiger partial charge is 0.410 e. The second-order valence-corrected chi connectivity index (χ2v) is 7.41. The van der Waals surface area contributed by atoms with Crippen LogP contribution in [0.5, 0.6) is 0 Å². The fourth-order valence-electron chi connectivity index (χ4n) is 4.32. The average molecular weight is 341 g/mol. The van der Waals surface area contributed by atoms with Gasteiger partial charge < -0.3 is 19.5 Å². The molecule has 0 aromatic carbocycles. The fourth-order valence-corrected chi connectivity index (χ4v) is 4.32.